The minimum absolute atomic E-state index is 0.546. The topological polar surface area (TPSA) is 61.5 Å². The number of nitrogens with zero attached hydrogens (tertiary/aromatic N) is 4. The Balaban J connectivity index is 1.46. The Labute approximate surface area is 182 Å². The molecule has 3 heterocycles. The van der Waals surface area contributed by atoms with Crippen molar-refractivity contribution in [2.45, 2.75) is 10.9 Å². The Kier molecular flexibility index (Phi) is 4.46. The third-order valence-electron chi connectivity index (χ3n) is 5.16. The minimum Gasteiger partial charge on any atom is -0.486 e. The molecule has 0 saturated heterocycles. The molecule has 2 aromatic heterocycles. The minimum atomic E-state index is 0.546. The molecule has 1 aliphatic rings. The molecule has 0 fully saturated rings. The molecular formula is C24H18N4O2S. The normalized spacial score (nSPS) is 13.0. The molecule has 0 unspecified atom stereocenters. The van der Waals surface area contributed by atoms with Crippen LogP contribution in [0.3, 0.4) is 0 Å². The summed E-state index contributed by atoms with van der Waals surface area (Å²) in [5.41, 5.74) is 3.83. The van der Waals surface area contributed by atoms with Gasteiger partial charge in [0.2, 0.25) is 0 Å². The van der Waals surface area contributed by atoms with Crippen molar-refractivity contribution in [3.63, 3.8) is 0 Å². The summed E-state index contributed by atoms with van der Waals surface area (Å²) >= 11 is 1.65. The zero-order chi connectivity index (χ0) is 20.6. The number of ether oxygens (including phenoxy) is 2. The van der Waals surface area contributed by atoms with E-state index in [1.165, 1.54) is 5.56 Å². The molecule has 152 valence electrons. The molecule has 5 aromatic rings. The maximum Gasteiger partial charge on any atom is 0.191 e. The highest BCUT2D eigenvalue weighted by atomic mass is 32.2. The predicted octanol–water partition coefficient (Wildman–Crippen LogP) is 5.01. The van der Waals surface area contributed by atoms with Crippen LogP contribution in [0.25, 0.3) is 27.9 Å². The Hall–Kier alpha value is -3.58. The quantitative estimate of drug-likeness (QED) is 0.297. The highest BCUT2D eigenvalue weighted by Gasteiger charge is 2.18. The molecule has 3 aromatic carbocycles. The van der Waals surface area contributed by atoms with E-state index >= 15 is 0 Å². The van der Waals surface area contributed by atoms with E-state index in [4.69, 9.17) is 24.5 Å². The van der Waals surface area contributed by atoms with E-state index in [0.717, 1.165) is 44.5 Å². The number of aromatic nitrogens is 4. The first-order chi connectivity index (χ1) is 15.3. The van der Waals surface area contributed by atoms with Crippen LogP contribution in [0.2, 0.25) is 0 Å². The van der Waals surface area contributed by atoms with Crippen LogP contribution in [0.4, 0.5) is 0 Å². The van der Waals surface area contributed by atoms with Gasteiger partial charge in [-0.05, 0) is 35.9 Å². The molecule has 31 heavy (non-hydrogen) atoms. The van der Waals surface area contributed by atoms with Gasteiger partial charge in [0.1, 0.15) is 13.2 Å². The molecule has 6 rings (SSSR count). The second kappa shape index (κ2) is 7.59. The molecule has 0 amide bonds. The molecule has 7 heteroatoms. The number of rotatable bonds is 4. The smallest absolute Gasteiger partial charge is 0.191 e. The van der Waals surface area contributed by atoms with Gasteiger partial charge in [0.05, 0.1) is 5.52 Å². The van der Waals surface area contributed by atoms with Gasteiger partial charge in [-0.2, -0.15) is 4.52 Å². The summed E-state index contributed by atoms with van der Waals surface area (Å²) in [5, 5.41) is 6.61. The summed E-state index contributed by atoms with van der Waals surface area (Å²) in [6, 6.07) is 24.2. The van der Waals surface area contributed by atoms with E-state index in [0.29, 0.717) is 19.0 Å². The van der Waals surface area contributed by atoms with Gasteiger partial charge in [0.15, 0.2) is 28.1 Å². The number of hydrogen-bond acceptors (Lipinski definition) is 6. The predicted molar refractivity (Wildman–Crippen MR) is 121 cm³/mol. The van der Waals surface area contributed by atoms with Gasteiger partial charge >= 0.3 is 0 Å². The van der Waals surface area contributed by atoms with E-state index in [2.05, 4.69) is 24.3 Å². The summed E-state index contributed by atoms with van der Waals surface area (Å²) in [6.45, 7) is 1.11. The first-order valence-corrected chi connectivity index (χ1v) is 11.1. The lowest BCUT2D eigenvalue weighted by atomic mass is 10.2. The first-order valence-electron chi connectivity index (χ1n) is 10.1. The van der Waals surface area contributed by atoms with Crippen LogP contribution in [-0.4, -0.2) is 32.8 Å². The summed E-state index contributed by atoms with van der Waals surface area (Å²) in [7, 11) is 0. The van der Waals surface area contributed by atoms with Crippen molar-refractivity contribution in [2.24, 2.45) is 0 Å². The maximum atomic E-state index is 5.74. The van der Waals surface area contributed by atoms with Crippen molar-refractivity contribution in [1.82, 2.24) is 19.6 Å². The Morgan fingerprint density at radius 1 is 0.839 bits per heavy atom. The van der Waals surface area contributed by atoms with Crippen LogP contribution >= 0.6 is 11.8 Å². The summed E-state index contributed by atoms with van der Waals surface area (Å²) < 4.78 is 13.2. The zero-order valence-corrected chi connectivity index (χ0v) is 17.4. The Morgan fingerprint density at radius 3 is 2.55 bits per heavy atom. The number of benzene rings is 3. The van der Waals surface area contributed by atoms with E-state index in [1.54, 1.807) is 11.8 Å². The van der Waals surface area contributed by atoms with E-state index < -0.39 is 0 Å². The lowest BCUT2D eigenvalue weighted by molar-refractivity contribution is 0.171. The SMILES string of the molecule is c1ccc(CSc2nc3ccccc3c3nc(-c4ccc5c(c4)OCCO5)nn23)cc1. The molecule has 0 bridgehead atoms. The van der Waals surface area contributed by atoms with Gasteiger partial charge in [0.25, 0.3) is 0 Å². The monoisotopic (exact) mass is 426 g/mol. The largest absolute Gasteiger partial charge is 0.486 e. The standard InChI is InChI=1S/C24H18N4O2S/c1-2-6-16(7-3-1)15-31-24-25-19-9-5-4-8-18(19)23-26-22(27-28(23)24)17-10-11-20-21(14-17)30-13-12-29-20/h1-11,14H,12-13,15H2. The Morgan fingerprint density at radius 2 is 1.65 bits per heavy atom. The molecule has 0 atom stereocenters. The summed E-state index contributed by atoms with van der Waals surface area (Å²) in [4.78, 5) is 9.75. The average molecular weight is 427 g/mol. The Bertz CT molecular complexity index is 1400. The van der Waals surface area contributed by atoms with Crippen molar-refractivity contribution < 1.29 is 9.47 Å². The van der Waals surface area contributed by atoms with Crippen molar-refractivity contribution >= 4 is 28.3 Å². The molecule has 6 nitrogen and oxygen atoms in total. The number of fused-ring (bicyclic) bond motifs is 4. The second-order valence-electron chi connectivity index (χ2n) is 7.22. The highest BCUT2D eigenvalue weighted by Crippen LogP contribution is 2.34. The maximum absolute atomic E-state index is 5.74. The van der Waals surface area contributed by atoms with Gasteiger partial charge in [-0.3, -0.25) is 0 Å². The molecule has 0 saturated carbocycles. The van der Waals surface area contributed by atoms with E-state index in [9.17, 15) is 0 Å². The molecular weight excluding hydrogens is 408 g/mol. The third kappa shape index (κ3) is 3.37. The van der Waals surface area contributed by atoms with Crippen molar-refractivity contribution in [2.75, 3.05) is 13.2 Å². The molecule has 1 aliphatic heterocycles. The first kappa shape index (κ1) is 18.2. The van der Waals surface area contributed by atoms with Gasteiger partial charge in [-0.25, -0.2) is 9.97 Å². The van der Waals surface area contributed by atoms with Crippen LogP contribution in [0, 0.1) is 0 Å². The van der Waals surface area contributed by atoms with Crippen LogP contribution in [0.15, 0.2) is 78.0 Å². The van der Waals surface area contributed by atoms with Crippen LogP contribution in [-0.2, 0) is 5.75 Å². The number of para-hydroxylation sites is 1. The zero-order valence-electron chi connectivity index (χ0n) is 16.6. The van der Waals surface area contributed by atoms with E-state index in [1.807, 2.05) is 53.0 Å². The van der Waals surface area contributed by atoms with Gasteiger partial charge < -0.3 is 9.47 Å². The molecule has 0 spiro atoms. The average Bonchev–Trinajstić information content (AvgIpc) is 3.29. The number of thioether (sulfide) groups is 1. The van der Waals surface area contributed by atoms with Gasteiger partial charge in [-0.15, -0.1) is 5.10 Å². The van der Waals surface area contributed by atoms with Crippen LogP contribution in [0.1, 0.15) is 5.56 Å². The molecule has 0 aliphatic carbocycles. The highest BCUT2D eigenvalue weighted by molar-refractivity contribution is 7.98. The van der Waals surface area contributed by atoms with Crippen LogP contribution in [0.5, 0.6) is 11.5 Å². The lowest BCUT2D eigenvalue weighted by Crippen LogP contribution is -2.15. The van der Waals surface area contributed by atoms with Gasteiger partial charge in [0, 0.05) is 16.7 Å². The van der Waals surface area contributed by atoms with Crippen molar-refractivity contribution in [3.8, 4) is 22.9 Å². The molecule has 0 radical (unpaired) electrons. The summed E-state index contributed by atoms with van der Waals surface area (Å²) in [6.07, 6.45) is 0. The van der Waals surface area contributed by atoms with E-state index in [-0.39, 0.29) is 0 Å². The fourth-order valence-corrected chi connectivity index (χ4v) is 4.55. The van der Waals surface area contributed by atoms with Crippen LogP contribution < -0.4 is 9.47 Å². The lowest BCUT2D eigenvalue weighted by Gasteiger charge is -2.18. The van der Waals surface area contributed by atoms with Crippen molar-refractivity contribution in [3.05, 3.63) is 78.4 Å². The van der Waals surface area contributed by atoms with Crippen molar-refractivity contribution in [1.29, 1.82) is 0 Å². The fraction of sp³-hybridized carbons (Fsp3) is 0.125. The number of hydrogen-bond donors (Lipinski definition) is 0. The van der Waals surface area contributed by atoms with Gasteiger partial charge in [-0.1, -0.05) is 54.2 Å². The fourth-order valence-electron chi connectivity index (χ4n) is 3.65. The second-order valence-corrected chi connectivity index (χ2v) is 8.16. The third-order valence-corrected chi connectivity index (χ3v) is 6.16. The molecule has 0 N–H and O–H groups in total. The summed E-state index contributed by atoms with van der Waals surface area (Å²) in [5.74, 6) is 2.92.